The molecule has 0 aliphatic rings. The first-order valence-corrected chi connectivity index (χ1v) is 7.01. The van der Waals surface area contributed by atoms with Gasteiger partial charge in [-0.25, -0.2) is 9.18 Å². The Labute approximate surface area is 136 Å². The summed E-state index contributed by atoms with van der Waals surface area (Å²) in [4.78, 5) is 10.9. The number of anilines is 1. The number of nitrogens with zero attached hydrogens (tertiary/aromatic N) is 3. The van der Waals surface area contributed by atoms with Crippen molar-refractivity contribution in [3.63, 3.8) is 0 Å². The molecule has 3 rings (SSSR count). The Bertz CT molecular complexity index is 852. The summed E-state index contributed by atoms with van der Waals surface area (Å²) in [5, 5.41) is 23.1. The van der Waals surface area contributed by atoms with Crippen LogP contribution in [0.25, 0.3) is 0 Å². The molecular formula is C16H13FN4O3. The molecule has 0 saturated heterocycles. The normalized spacial score (nSPS) is 13.2. The van der Waals surface area contributed by atoms with Crippen LogP contribution in [0.5, 0.6) is 0 Å². The predicted octanol–water partition coefficient (Wildman–Crippen LogP) is 2.68. The summed E-state index contributed by atoms with van der Waals surface area (Å²) >= 11 is 0. The zero-order valence-corrected chi connectivity index (χ0v) is 12.6. The number of benzene rings is 1. The van der Waals surface area contributed by atoms with Gasteiger partial charge in [0.05, 0.1) is 11.7 Å². The molecule has 2 heterocycles. The lowest BCUT2D eigenvalue weighted by Crippen LogP contribution is -2.34. The summed E-state index contributed by atoms with van der Waals surface area (Å²) in [5.74, 6) is -1.30. The van der Waals surface area contributed by atoms with Gasteiger partial charge in [-0.15, -0.1) is 10.2 Å². The summed E-state index contributed by atoms with van der Waals surface area (Å²) in [7, 11) is 0. The maximum Gasteiger partial charge on any atom is 0.356 e. The second-order valence-electron chi connectivity index (χ2n) is 5.25. The fourth-order valence-electron chi connectivity index (χ4n) is 2.38. The largest absolute Gasteiger partial charge is 0.476 e. The van der Waals surface area contributed by atoms with Gasteiger partial charge < -0.3 is 14.9 Å². The van der Waals surface area contributed by atoms with E-state index in [1.165, 1.54) is 30.7 Å². The second-order valence-corrected chi connectivity index (χ2v) is 5.25. The lowest BCUT2D eigenvalue weighted by Gasteiger charge is -2.30. The van der Waals surface area contributed by atoms with Gasteiger partial charge in [0.2, 0.25) is 0 Å². The van der Waals surface area contributed by atoms with E-state index in [1.54, 1.807) is 25.1 Å². The number of halogens is 1. The average molecular weight is 328 g/mol. The van der Waals surface area contributed by atoms with Crippen LogP contribution >= 0.6 is 0 Å². The zero-order chi connectivity index (χ0) is 17.2. The van der Waals surface area contributed by atoms with E-state index in [9.17, 15) is 9.18 Å². The number of aromatic nitrogens is 3. The van der Waals surface area contributed by atoms with Crippen LogP contribution in [-0.4, -0.2) is 26.4 Å². The molecule has 7 nitrogen and oxygen atoms in total. The Kier molecular flexibility index (Phi) is 3.95. The summed E-state index contributed by atoms with van der Waals surface area (Å²) in [6, 6.07) is 9.06. The molecule has 0 amide bonds. The van der Waals surface area contributed by atoms with Crippen molar-refractivity contribution < 1.29 is 18.8 Å². The molecule has 1 unspecified atom stereocenters. The van der Waals surface area contributed by atoms with Gasteiger partial charge in [-0.3, -0.25) is 0 Å². The molecule has 0 saturated carbocycles. The maximum atomic E-state index is 14.3. The van der Waals surface area contributed by atoms with E-state index in [2.05, 4.69) is 20.7 Å². The van der Waals surface area contributed by atoms with Gasteiger partial charge in [0.1, 0.15) is 17.9 Å². The molecule has 24 heavy (non-hydrogen) atoms. The van der Waals surface area contributed by atoms with Crippen molar-refractivity contribution in [2.75, 3.05) is 5.32 Å². The van der Waals surface area contributed by atoms with Crippen LogP contribution in [0.4, 0.5) is 10.2 Å². The highest BCUT2D eigenvalue weighted by Gasteiger charge is 2.33. The van der Waals surface area contributed by atoms with Crippen molar-refractivity contribution in [3.05, 3.63) is 71.5 Å². The number of carbonyl (C=O) groups is 1. The molecule has 3 aromatic rings. The van der Waals surface area contributed by atoms with E-state index in [0.29, 0.717) is 11.1 Å². The lowest BCUT2D eigenvalue weighted by atomic mass is 9.86. The van der Waals surface area contributed by atoms with Gasteiger partial charge in [0.25, 0.3) is 0 Å². The summed E-state index contributed by atoms with van der Waals surface area (Å²) in [5.41, 5.74) is -0.280. The predicted molar refractivity (Wildman–Crippen MR) is 82.0 cm³/mol. The SMILES string of the molecule is CC(Nc1ccc(C(=O)O)nn1)(c1cnoc1)c1ccccc1F. The minimum absolute atomic E-state index is 0.182. The van der Waals surface area contributed by atoms with Crippen molar-refractivity contribution in [2.45, 2.75) is 12.5 Å². The van der Waals surface area contributed by atoms with E-state index in [1.807, 2.05) is 0 Å². The van der Waals surface area contributed by atoms with Gasteiger partial charge in [-0.1, -0.05) is 23.4 Å². The van der Waals surface area contributed by atoms with Crippen LogP contribution in [0.15, 0.2) is 53.4 Å². The van der Waals surface area contributed by atoms with Crippen molar-refractivity contribution in [2.24, 2.45) is 0 Å². The number of carboxylic acids is 1. The third-order valence-electron chi connectivity index (χ3n) is 3.68. The van der Waals surface area contributed by atoms with E-state index < -0.39 is 17.3 Å². The molecule has 8 heteroatoms. The first-order chi connectivity index (χ1) is 11.5. The van der Waals surface area contributed by atoms with Gasteiger partial charge >= 0.3 is 5.97 Å². The fraction of sp³-hybridized carbons (Fsp3) is 0.125. The standard InChI is InChI=1S/C16H13FN4O3/c1-16(10-8-18-24-9-10,11-4-2-3-5-12(11)17)19-14-7-6-13(15(22)23)20-21-14/h2-9H,1H3,(H,19,21)(H,22,23). The van der Waals surface area contributed by atoms with Crippen LogP contribution in [0.1, 0.15) is 28.5 Å². The van der Waals surface area contributed by atoms with Crippen molar-refractivity contribution in [1.29, 1.82) is 0 Å². The quantitative estimate of drug-likeness (QED) is 0.742. The summed E-state index contributed by atoms with van der Waals surface area (Å²) in [6.07, 6.45) is 2.87. The highest BCUT2D eigenvalue weighted by molar-refractivity contribution is 5.85. The topological polar surface area (TPSA) is 101 Å². The Balaban J connectivity index is 2.03. The number of aromatic carboxylic acids is 1. The molecule has 2 aromatic heterocycles. The monoisotopic (exact) mass is 328 g/mol. The van der Waals surface area contributed by atoms with E-state index in [-0.39, 0.29) is 11.5 Å². The maximum absolute atomic E-state index is 14.3. The lowest BCUT2D eigenvalue weighted by molar-refractivity contribution is 0.0689. The smallest absolute Gasteiger partial charge is 0.356 e. The second kappa shape index (κ2) is 6.07. The summed E-state index contributed by atoms with van der Waals surface area (Å²) < 4.78 is 19.2. The highest BCUT2D eigenvalue weighted by Crippen LogP contribution is 2.34. The van der Waals surface area contributed by atoms with Gasteiger partial charge in [0, 0.05) is 11.1 Å². The average Bonchev–Trinajstić information content (AvgIpc) is 3.11. The van der Waals surface area contributed by atoms with Crippen LogP contribution in [0.2, 0.25) is 0 Å². The van der Waals surface area contributed by atoms with E-state index in [4.69, 9.17) is 9.63 Å². The molecule has 0 fully saturated rings. The first-order valence-electron chi connectivity index (χ1n) is 7.01. The number of hydrogen-bond acceptors (Lipinski definition) is 6. The van der Waals surface area contributed by atoms with E-state index >= 15 is 0 Å². The van der Waals surface area contributed by atoms with Crippen LogP contribution in [-0.2, 0) is 5.54 Å². The molecule has 0 radical (unpaired) electrons. The molecular weight excluding hydrogens is 315 g/mol. The van der Waals surface area contributed by atoms with Crippen molar-refractivity contribution in [1.82, 2.24) is 15.4 Å². The molecule has 0 bridgehead atoms. The van der Waals surface area contributed by atoms with Crippen LogP contribution < -0.4 is 5.32 Å². The molecule has 1 aromatic carbocycles. The van der Waals surface area contributed by atoms with Gasteiger partial charge in [-0.05, 0) is 25.1 Å². The number of rotatable bonds is 5. The molecule has 122 valence electrons. The number of nitrogens with one attached hydrogen (secondary N) is 1. The molecule has 0 spiro atoms. The highest BCUT2D eigenvalue weighted by atomic mass is 19.1. The van der Waals surface area contributed by atoms with Gasteiger partial charge in [-0.2, -0.15) is 0 Å². The number of carboxylic acid groups (broad SMARTS) is 1. The van der Waals surface area contributed by atoms with E-state index in [0.717, 1.165) is 0 Å². The third-order valence-corrected chi connectivity index (χ3v) is 3.68. The first kappa shape index (κ1) is 15.6. The fourth-order valence-corrected chi connectivity index (χ4v) is 2.38. The van der Waals surface area contributed by atoms with Crippen molar-refractivity contribution >= 4 is 11.8 Å². The number of hydrogen-bond donors (Lipinski definition) is 2. The Hall–Kier alpha value is -3.29. The molecule has 2 N–H and O–H groups in total. The molecule has 1 atom stereocenters. The third kappa shape index (κ3) is 2.81. The Morgan fingerprint density at radius 3 is 2.62 bits per heavy atom. The minimum Gasteiger partial charge on any atom is -0.476 e. The minimum atomic E-state index is -1.18. The van der Waals surface area contributed by atoms with Gasteiger partial charge in [0.15, 0.2) is 5.69 Å². The molecule has 0 aliphatic carbocycles. The Morgan fingerprint density at radius 1 is 1.25 bits per heavy atom. The summed E-state index contributed by atoms with van der Waals surface area (Å²) in [6.45, 7) is 1.74. The zero-order valence-electron chi connectivity index (χ0n) is 12.6. The van der Waals surface area contributed by atoms with Crippen molar-refractivity contribution in [3.8, 4) is 0 Å². The van der Waals surface area contributed by atoms with Crippen LogP contribution in [0, 0.1) is 5.82 Å². The molecule has 0 aliphatic heterocycles. The van der Waals surface area contributed by atoms with Crippen LogP contribution in [0.3, 0.4) is 0 Å². The Morgan fingerprint density at radius 2 is 2.04 bits per heavy atom.